The summed E-state index contributed by atoms with van der Waals surface area (Å²) in [6.45, 7) is 1.76. The van der Waals surface area contributed by atoms with E-state index in [4.69, 9.17) is 22.7 Å². The fourth-order valence-electron chi connectivity index (χ4n) is 1.49. The zero-order valence-electron chi connectivity index (χ0n) is 9.63. The van der Waals surface area contributed by atoms with Gasteiger partial charge in [-0.15, -0.1) is 0 Å². The summed E-state index contributed by atoms with van der Waals surface area (Å²) in [6, 6.07) is 5.06. The monoisotopic (exact) mass is 265 g/mol. The Kier molecular flexibility index (Phi) is 3.22. The minimum Gasteiger partial charge on any atom is -0.396 e. The van der Waals surface area contributed by atoms with E-state index < -0.39 is 0 Å². The standard InChI is InChI=1S/C11H12ClN5O/c1-7-9(12)3-2-4-10(7)17(18)11(14)16-6-8(13)5-15-16/h2-6,14,18H,13H2,1H3. The van der Waals surface area contributed by atoms with Crippen LogP contribution in [0.3, 0.4) is 0 Å². The van der Waals surface area contributed by atoms with Gasteiger partial charge in [0.1, 0.15) is 0 Å². The molecule has 0 radical (unpaired) electrons. The van der Waals surface area contributed by atoms with E-state index in [-0.39, 0.29) is 5.96 Å². The molecule has 0 aliphatic rings. The van der Waals surface area contributed by atoms with E-state index in [0.717, 1.165) is 4.68 Å². The maximum absolute atomic E-state index is 10.0. The van der Waals surface area contributed by atoms with Gasteiger partial charge < -0.3 is 5.73 Å². The number of hydrogen-bond donors (Lipinski definition) is 3. The highest BCUT2D eigenvalue weighted by Crippen LogP contribution is 2.25. The van der Waals surface area contributed by atoms with Crippen LogP contribution in [0.1, 0.15) is 5.56 Å². The van der Waals surface area contributed by atoms with E-state index in [1.54, 1.807) is 25.1 Å². The molecular formula is C11H12ClN5O. The number of rotatable bonds is 1. The second-order valence-electron chi connectivity index (χ2n) is 3.74. The minimum atomic E-state index is -0.239. The number of hydroxylamine groups is 1. The molecule has 6 nitrogen and oxygen atoms in total. The first-order chi connectivity index (χ1) is 8.50. The molecule has 7 heteroatoms. The lowest BCUT2D eigenvalue weighted by Crippen LogP contribution is -2.33. The summed E-state index contributed by atoms with van der Waals surface area (Å²) in [5, 5.41) is 22.9. The molecule has 2 rings (SSSR count). The van der Waals surface area contributed by atoms with Crippen molar-refractivity contribution in [3.63, 3.8) is 0 Å². The molecule has 0 aliphatic carbocycles. The van der Waals surface area contributed by atoms with Gasteiger partial charge in [0.25, 0.3) is 0 Å². The van der Waals surface area contributed by atoms with Gasteiger partial charge in [0.05, 0.1) is 23.8 Å². The van der Waals surface area contributed by atoms with Gasteiger partial charge in [-0.05, 0) is 24.6 Å². The van der Waals surface area contributed by atoms with Gasteiger partial charge in [-0.3, -0.25) is 10.6 Å². The van der Waals surface area contributed by atoms with Gasteiger partial charge in [-0.2, -0.15) is 10.2 Å². The molecule has 0 amide bonds. The van der Waals surface area contributed by atoms with Crippen molar-refractivity contribution in [2.75, 3.05) is 10.8 Å². The van der Waals surface area contributed by atoms with Gasteiger partial charge in [0, 0.05) is 5.02 Å². The summed E-state index contributed by atoms with van der Waals surface area (Å²) in [6.07, 6.45) is 2.83. The highest BCUT2D eigenvalue weighted by Gasteiger charge is 2.15. The van der Waals surface area contributed by atoms with Crippen LogP contribution in [0, 0.1) is 12.3 Å². The van der Waals surface area contributed by atoms with Crippen molar-refractivity contribution < 1.29 is 5.21 Å². The highest BCUT2D eigenvalue weighted by molar-refractivity contribution is 6.31. The number of nitrogens with two attached hydrogens (primary N) is 1. The van der Waals surface area contributed by atoms with Crippen molar-refractivity contribution in [2.24, 2.45) is 0 Å². The molecule has 1 aromatic heterocycles. The number of nitrogens with one attached hydrogen (secondary N) is 1. The first-order valence-electron chi connectivity index (χ1n) is 5.14. The molecule has 18 heavy (non-hydrogen) atoms. The van der Waals surface area contributed by atoms with Gasteiger partial charge in [-0.25, -0.2) is 4.68 Å². The Hall–Kier alpha value is -2.05. The number of halogens is 1. The van der Waals surface area contributed by atoms with E-state index in [1.165, 1.54) is 12.4 Å². The first kappa shape index (κ1) is 12.4. The SMILES string of the molecule is Cc1c(Cl)cccc1N(O)C(=N)n1cc(N)cn1. The van der Waals surface area contributed by atoms with Crippen molar-refractivity contribution in [1.82, 2.24) is 9.78 Å². The third kappa shape index (κ3) is 2.15. The first-order valence-corrected chi connectivity index (χ1v) is 5.51. The molecule has 0 aliphatic heterocycles. The van der Waals surface area contributed by atoms with Crippen molar-refractivity contribution >= 4 is 28.9 Å². The number of anilines is 2. The normalized spacial score (nSPS) is 10.4. The van der Waals surface area contributed by atoms with Crippen LogP contribution in [0.25, 0.3) is 0 Å². The van der Waals surface area contributed by atoms with E-state index in [1.807, 2.05) is 0 Å². The highest BCUT2D eigenvalue weighted by atomic mass is 35.5. The minimum absolute atomic E-state index is 0.239. The summed E-state index contributed by atoms with van der Waals surface area (Å²) < 4.78 is 1.16. The topological polar surface area (TPSA) is 91.2 Å². The zero-order valence-corrected chi connectivity index (χ0v) is 10.4. The summed E-state index contributed by atoms with van der Waals surface area (Å²) in [7, 11) is 0. The molecule has 1 aromatic carbocycles. The second kappa shape index (κ2) is 4.67. The van der Waals surface area contributed by atoms with E-state index in [9.17, 15) is 5.21 Å². The fourth-order valence-corrected chi connectivity index (χ4v) is 1.66. The summed E-state index contributed by atoms with van der Waals surface area (Å²) in [4.78, 5) is 0. The molecule has 0 fully saturated rings. The molecule has 0 unspecified atom stereocenters. The molecule has 0 bridgehead atoms. The number of benzene rings is 1. The molecule has 0 saturated heterocycles. The molecule has 2 aromatic rings. The van der Waals surface area contributed by atoms with Crippen molar-refractivity contribution in [1.29, 1.82) is 5.41 Å². The quantitative estimate of drug-likeness (QED) is 0.418. The van der Waals surface area contributed by atoms with Crippen LogP contribution in [0.5, 0.6) is 0 Å². The third-order valence-corrected chi connectivity index (χ3v) is 2.90. The Balaban J connectivity index is 2.34. The molecule has 94 valence electrons. The number of nitrogen functional groups attached to an aromatic ring is 1. The molecule has 4 N–H and O–H groups in total. The van der Waals surface area contributed by atoms with Crippen molar-refractivity contribution in [3.8, 4) is 0 Å². The Morgan fingerprint density at radius 2 is 2.28 bits per heavy atom. The molecule has 0 spiro atoms. The van der Waals surface area contributed by atoms with Crippen LogP contribution in [0.4, 0.5) is 11.4 Å². The van der Waals surface area contributed by atoms with Crippen molar-refractivity contribution in [2.45, 2.75) is 6.92 Å². The number of nitrogens with zero attached hydrogens (tertiary/aromatic N) is 3. The Labute approximate surface area is 109 Å². The Morgan fingerprint density at radius 1 is 1.56 bits per heavy atom. The smallest absolute Gasteiger partial charge is 0.248 e. The van der Waals surface area contributed by atoms with E-state index in [0.29, 0.717) is 27.0 Å². The maximum Gasteiger partial charge on any atom is 0.248 e. The lowest BCUT2D eigenvalue weighted by Gasteiger charge is -2.19. The fraction of sp³-hybridized carbons (Fsp3) is 0.0909. The largest absolute Gasteiger partial charge is 0.396 e. The lowest BCUT2D eigenvalue weighted by molar-refractivity contribution is 0.305. The third-order valence-electron chi connectivity index (χ3n) is 2.49. The number of hydrogen-bond acceptors (Lipinski definition) is 4. The van der Waals surface area contributed by atoms with Gasteiger partial charge >= 0.3 is 0 Å². The van der Waals surface area contributed by atoms with E-state index >= 15 is 0 Å². The summed E-state index contributed by atoms with van der Waals surface area (Å²) in [5.41, 5.74) is 7.01. The zero-order chi connectivity index (χ0) is 13.3. The van der Waals surface area contributed by atoms with Crippen molar-refractivity contribution in [3.05, 3.63) is 41.2 Å². The lowest BCUT2D eigenvalue weighted by atomic mass is 10.2. The van der Waals surface area contributed by atoms with Gasteiger partial charge in [-0.1, -0.05) is 17.7 Å². The average Bonchev–Trinajstić information content (AvgIpc) is 2.77. The summed E-state index contributed by atoms with van der Waals surface area (Å²) >= 11 is 5.96. The maximum atomic E-state index is 10.0. The average molecular weight is 266 g/mol. The van der Waals surface area contributed by atoms with Gasteiger partial charge in [0.15, 0.2) is 0 Å². The van der Waals surface area contributed by atoms with Crippen LogP contribution in [0.2, 0.25) is 5.02 Å². The van der Waals surface area contributed by atoms with Gasteiger partial charge in [0.2, 0.25) is 5.96 Å². The molecule has 1 heterocycles. The Bertz CT molecular complexity index is 595. The van der Waals surface area contributed by atoms with Crippen LogP contribution < -0.4 is 10.8 Å². The predicted octanol–water partition coefficient (Wildman–Crippen LogP) is 2.11. The van der Waals surface area contributed by atoms with E-state index in [2.05, 4.69) is 5.10 Å². The molecule has 0 saturated carbocycles. The Morgan fingerprint density at radius 3 is 2.89 bits per heavy atom. The van der Waals surface area contributed by atoms with Crippen LogP contribution >= 0.6 is 11.6 Å². The summed E-state index contributed by atoms with van der Waals surface area (Å²) in [5.74, 6) is -0.239. The predicted molar refractivity (Wildman–Crippen MR) is 70.2 cm³/mol. The van der Waals surface area contributed by atoms with Crippen LogP contribution in [-0.4, -0.2) is 20.9 Å². The van der Waals surface area contributed by atoms with Crippen LogP contribution in [0.15, 0.2) is 30.6 Å². The molecule has 0 atom stereocenters. The molecular weight excluding hydrogens is 254 g/mol. The second-order valence-corrected chi connectivity index (χ2v) is 4.14. The number of aromatic nitrogens is 2. The van der Waals surface area contributed by atoms with Crippen LogP contribution in [-0.2, 0) is 0 Å².